The highest BCUT2D eigenvalue weighted by atomic mass is 32.2. The van der Waals surface area contributed by atoms with Crippen molar-refractivity contribution in [3.05, 3.63) is 28.5 Å². The molecule has 0 atom stereocenters. The second kappa shape index (κ2) is 6.23. The van der Waals surface area contributed by atoms with Crippen LogP contribution in [0.15, 0.2) is 32.3 Å². The maximum absolute atomic E-state index is 11.7. The van der Waals surface area contributed by atoms with Crippen LogP contribution in [0.25, 0.3) is 0 Å². The van der Waals surface area contributed by atoms with Crippen molar-refractivity contribution in [3.8, 4) is 0 Å². The summed E-state index contributed by atoms with van der Waals surface area (Å²) in [5.74, 6) is -0.102. The van der Waals surface area contributed by atoms with E-state index in [0.717, 1.165) is 35.7 Å². The number of nitrogens with zero attached hydrogens (tertiary/aromatic N) is 4. The molecule has 1 aliphatic carbocycles. The van der Waals surface area contributed by atoms with Crippen LogP contribution in [-0.4, -0.2) is 26.0 Å². The molecule has 2 aromatic heterocycles. The van der Waals surface area contributed by atoms with Gasteiger partial charge >= 0.3 is 5.88 Å². The molecule has 0 radical (unpaired) electrons. The molecule has 0 aromatic carbocycles. The van der Waals surface area contributed by atoms with Gasteiger partial charge in [0.2, 0.25) is 11.0 Å². The van der Waals surface area contributed by atoms with E-state index < -0.39 is 10.8 Å². The molecule has 1 N–H and O–H groups in total. The van der Waals surface area contributed by atoms with Crippen LogP contribution >= 0.6 is 23.1 Å². The molecule has 0 aliphatic heterocycles. The Morgan fingerprint density at radius 3 is 3.00 bits per heavy atom. The maximum atomic E-state index is 11.7. The highest BCUT2D eigenvalue weighted by molar-refractivity contribution is 8.00. The van der Waals surface area contributed by atoms with Crippen LogP contribution in [0, 0.1) is 16.0 Å². The van der Waals surface area contributed by atoms with Crippen LogP contribution < -0.4 is 5.32 Å². The van der Waals surface area contributed by atoms with Gasteiger partial charge in [0, 0.05) is 18.2 Å². The van der Waals surface area contributed by atoms with E-state index in [0.29, 0.717) is 21.8 Å². The third-order valence-corrected chi connectivity index (χ3v) is 4.40. The van der Waals surface area contributed by atoms with Crippen molar-refractivity contribution in [1.82, 2.24) is 15.2 Å². The van der Waals surface area contributed by atoms with Gasteiger partial charge in [-0.15, -0.1) is 10.2 Å². The van der Waals surface area contributed by atoms with E-state index >= 15 is 0 Å². The Hall–Kier alpha value is -2.27. The zero-order valence-corrected chi connectivity index (χ0v) is 12.6. The van der Waals surface area contributed by atoms with Gasteiger partial charge < -0.3 is 9.73 Å². The molecule has 0 unspecified atom stereocenters. The third kappa shape index (κ3) is 3.89. The smallest absolute Gasteiger partial charge is 0.374 e. The second-order valence-electron chi connectivity index (χ2n) is 4.33. The molecule has 0 spiro atoms. The number of aromatic nitrogens is 3. The molecule has 9 nitrogen and oxygen atoms in total. The van der Waals surface area contributed by atoms with Crippen molar-refractivity contribution >= 4 is 40.0 Å². The summed E-state index contributed by atoms with van der Waals surface area (Å²) in [6.07, 6.45) is 6.33. The van der Waals surface area contributed by atoms with Gasteiger partial charge in [-0.05, 0) is 12.3 Å². The molecule has 0 bridgehead atoms. The van der Waals surface area contributed by atoms with Crippen LogP contribution in [0.5, 0.6) is 0 Å². The first-order valence-electron chi connectivity index (χ1n) is 6.20. The molecule has 114 valence electrons. The zero-order valence-electron chi connectivity index (χ0n) is 11.0. The molecule has 0 saturated carbocycles. The van der Waals surface area contributed by atoms with Crippen molar-refractivity contribution in [2.45, 2.75) is 22.4 Å². The number of anilines is 1. The molecule has 22 heavy (non-hydrogen) atoms. The number of hydrogen-bond acceptors (Lipinski definition) is 9. The summed E-state index contributed by atoms with van der Waals surface area (Å²) in [6, 6.07) is 0. The standard InChI is InChI=1S/C11H9N5O4S2/c17-7(4-3-6-1-2-6)13-9-14-15-11(21-9)22-10-12-5-8(20-10)16(18)19/h1-2,5-6H,3-4H2,(H,13,14,17). The van der Waals surface area contributed by atoms with E-state index in [-0.39, 0.29) is 11.1 Å². The van der Waals surface area contributed by atoms with E-state index in [1.54, 1.807) is 0 Å². The van der Waals surface area contributed by atoms with Gasteiger partial charge in [0.1, 0.15) is 11.1 Å². The number of nitro groups is 1. The van der Waals surface area contributed by atoms with E-state index in [2.05, 4.69) is 20.5 Å². The van der Waals surface area contributed by atoms with Gasteiger partial charge in [0.05, 0.1) is 0 Å². The largest absolute Gasteiger partial charge is 0.453 e. The van der Waals surface area contributed by atoms with E-state index in [1.807, 2.05) is 12.2 Å². The Kier molecular flexibility index (Phi) is 4.15. The quantitative estimate of drug-likeness (QED) is 0.353. The lowest BCUT2D eigenvalue weighted by Gasteiger charge is -1.99. The number of oxazole rings is 1. The Morgan fingerprint density at radius 2 is 2.32 bits per heavy atom. The minimum Gasteiger partial charge on any atom is -0.374 e. The number of allylic oxidation sites excluding steroid dienone is 2. The number of carbonyl (C=O) groups is 1. The van der Waals surface area contributed by atoms with Crippen molar-refractivity contribution in [2.24, 2.45) is 5.92 Å². The van der Waals surface area contributed by atoms with E-state index in [1.165, 1.54) is 0 Å². The average molecular weight is 339 g/mol. The molecule has 1 aliphatic rings. The predicted molar refractivity (Wildman–Crippen MR) is 77.7 cm³/mol. The fraction of sp³-hybridized carbons (Fsp3) is 0.273. The van der Waals surface area contributed by atoms with Crippen molar-refractivity contribution in [2.75, 3.05) is 5.32 Å². The monoisotopic (exact) mass is 339 g/mol. The van der Waals surface area contributed by atoms with Gasteiger partial charge in [-0.2, -0.15) is 0 Å². The lowest BCUT2D eigenvalue weighted by atomic mass is 10.2. The molecular formula is C11H9N5O4S2. The lowest BCUT2D eigenvalue weighted by Crippen LogP contribution is -2.11. The lowest BCUT2D eigenvalue weighted by molar-refractivity contribution is -0.403. The van der Waals surface area contributed by atoms with Gasteiger partial charge in [0.25, 0.3) is 5.22 Å². The minimum atomic E-state index is -0.669. The van der Waals surface area contributed by atoms with Crippen LogP contribution in [0.1, 0.15) is 12.8 Å². The van der Waals surface area contributed by atoms with E-state index in [9.17, 15) is 14.9 Å². The van der Waals surface area contributed by atoms with Crippen LogP contribution in [0.4, 0.5) is 11.0 Å². The number of rotatable bonds is 7. The van der Waals surface area contributed by atoms with Crippen LogP contribution in [0.3, 0.4) is 0 Å². The van der Waals surface area contributed by atoms with Crippen molar-refractivity contribution < 1.29 is 14.1 Å². The van der Waals surface area contributed by atoms with Crippen LogP contribution in [0.2, 0.25) is 0 Å². The van der Waals surface area contributed by atoms with Crippen molar-refractivity contribution in [1.29, 1.82) is 0 Å². The van der Waals surface area contributed by atoms with Gasteiger partial charge in [-0.25, -0.2) is 4.98 Å². The van der Waals surface area contributed by atoms with Crippen molar-refractivity contribution in [3.63, 3.8) is 0 Å². The van der Waals surface area contributed by atoms with Gasteiger partial charge in [-0.3, -0.25) is 14.9 Å². The summed E-state index contributed by atoms with van der Waals surface area (Å²) < 4.78 is 5.38. The average Bonchev–Trinajstić information content (AvgIpc) is 3.02. The molecular weight excluding hydrogens is 330 g/mol. The molecule has 0 saturated heterocycles. The topological polar surface area (TPSA) is 124 Å². The summed E-state index contributed by atoms with van der Waals surface area (Å²) in [6.45, 7) is 0. The molecule has 2 heterocycles. The molecule has 0 fully saturated rings. The normalized spacial score (nSPS) is 13.3. The number of carbonyl (C=O) groups excluding carboxylic acids is 1. The highest BCUT2D eigenvalue weighted by Crippen LogP contribution is 2.32. The van der Waals surface area contributed by atoms with E-state index in [4.69, 9.17) is 4.42 Å². The summed E-state index contributed by atoms with van der Waals surface area (Å²) in [5, 5.41) is 21.3. The number of hydrogen-bond donors (Lipinski definition) is 1. The first-order valence-corrected chi connectivity index (χ1v) is 7.83. The first-order chi connectivity index (χ1) is 10.6. The predicted octanol–water partition coefficient (Wildman–Crippen LogP) is 2.49. The molecule has 11 heteroatoms. The highest BCUT2D eigenvalue weighted by Gasteiger charge is 2.17. The fourth-order valence-corrected chi connectivity index (χ4v) is 3.08. The molecule has 3 rings (SSSR count). The number of amides is 1. The summed E-state index contributed by atoms with van der Waals surface area (Å²) in [4.78, 5) is 25.3. The maximum Gasteiger partial charge on any atom is 0.453 e. The molecule has 2 aromatic rings. The van der Waals surface area contributed by atoms with Gasteiger partial charge in [-0.1, -0.05) is 23.5 Å². The summed E-state index contributed by atoms with van der Waals surface area (Å²) in [5.41, 5.74) is 0. The van der Waals surface area contributed by atoms with Gasteiger partial charge in [0.15, 0.2) is 4.34 Å². The molecule has 1 amide bonds. The van der Waals surface area contributed by atoms with Crippen LogP contribution in [-0.2, 0) is 4.79 Å². The Balaban J connectivity index is 1.53. The fourth-order valence-electron chi connectivity index (χ4n) is 1.51. The first kappa shape index (κ1) is 14.7. The summed E-state index contributed by atoms with van der Waals surface area (Å²) in [7, 11) is 0. The minimum absolute atomic E-state index is 0.0977. The zero-order chi connectivity index (χ0) is 15.5. The third-order valence-electron chi connectivity index (χ3n) is 2.65. The Labute approximate surface area is 132 Å². The summed E-state index contributed by atoms with van der Waals surface area (Å²) >= 11 is 2.15. The SMILES string of the molecule is O=C(CCC1C=C1)Nc1nnc(Sc2ncc([N+](=O)[O-])o2)s1. The second-order valence-corrected chi connectivity index (χ2v) is 6.51. The Bertz CT molecular complexity index is 734. The number of nitrogens with one attached hydrogen (secondary N) is 1. The Morgan fingerprint density at radius 1 is 1.50 bits per heavy atom.